The maximum Gasteiger partial charge on any atom is 0.242 e. The second-order valence-electron chi connectivity index (χ2n) is 17.7. The van der Waals surface area contributed by atoms with Gasteiger partial charge in [-0.2, -0.15) is 15.0 Å². The van der Waals surface area contributed by atoms with Gasteiger partial charge in [-0.25, -0.2) is 19.1 Å². The Kier molecular flexibility index (Phi) is 8.35. The van der Waals surface area contributed by atoms with E-state index in [-0.39, 0.29) is 0 Å². The standard InChI is InChI=1S/C59H37N9SSi/c1-3-18-39(19-4-1)70(40-20-5-2-6-21-40,53-33-17-23-43-42-22-7-16-32-52(42)69-54(43)53)41-36-34-38(35-37-41)55-62-56(67-50-30-14-12-28-48(50)65-46-26-10-8-24-44(46)60-58(65)67)64-57(63-55)68-51-31-15-13-29-49(51)66-47-27-11-9-25-45(47)61-59(66)68/h1-37H. The Morgan fingerprint density at radius 2 is 0.800 bits per heavy atom. The summed E-state index contributed by atoms with van der Waals surface area (Å²) in [5.74, 6) is 2.86. The minimum atomic E-state index is -2.99. The fraction of sp³-hybridized carbons (Fsp3) is 0. The van der Waals surface area contributed by atoms with Crippen LogP contribution in [-0.4, -0.2) is 50.9 Å². The first-order chi connectivity index (χ1) is 34.7. The zero-order chi connectivity index (χ0) is 45.9. The van der Waals surface area contributed by atoms with Crippen LogP contribution in [0.4, 0.5) is 0 Å². The third-order valence-corrected chi connectivity index (χ3v) is 20.2. The van der Waals surface area contributed by atoms with Crippen molar-refractivity contribution >= 4 is 116 Å². The molecule has 9 nitrogen and oxygen atoms in total. The molecule has 0 amide bonds. The van der Waals surface area contributed by atoms with Gasteiger partial charge in [-0.15, -0.1) is 11.3 Å². The second-order valence-corrected chi connectivity index (χ2v) is 22.5. The summed E-state index contributed by atoms with van der Waals surface area (Å²) >= 11 is 1.89. The van der Waals surface area contributed by atoms with Crippen molar-refractivity contribution in [1.29, 1.82) is 0 Å². The van der Waals surface area contributed by atoms with Gasteiger partial charge in [-0.1, -0.05) is 170 Å². The monoisotopic (exact) mass is 931 g/mol. The molecule has 6 heterocycles. The molecule has 0 saturated carbocycles. The predicted molar refractivity (Wildman–Crippen MR) is 288 cm³/mol. The fourth-order valence-corrected chi connectivity index (χ4v) is 17.6. The minimum absolute atomic E-state index is 0.450. The second kappa shape index (κ2) is 15.0. The molecule has 0 aliphatic heterocycles. The summed E-state index contributed by atoms with van der Waals surface area (Å²) in [5.41, 5.74) is 8.53. The molecular weight excluding hydrogens is 895 g/mol. The van der Waals surface area contributed by atoms with E-state index in [1.54, 1.807) is 0 Å². The van der Waals surface area contributed by atoms with Gasteiger partial charge in [0.1, 0.15) is 0 Å². The van der Waals surface area contributed by atoms with Crippen LogP contribution in [0.3, 0.4) is 0 Å². The van der Waals surface area contributed by atoms with Crippen molar-refractivity contribution in [2.24, 2.45) is 0 Å². The Labute approximate surface area is 404 Å². The van der Waals surface area contributed by atoms with E-state index in [2.05, 4.69) is 218 Å². The molecule has 0 unspecified atom stereocenters. The third-order valence-electron chi connectivity index (χ3n) is 14.0. The molecule has 70 heavy (non-hydrogen) atoms. The highest BCUT2D eigenvalue weighted by Crippen LogP contribution is 2.35. The average Bonchev–Trinajstić information content (AvgIpc) is 4.24. The molecule has 328 valence electrons. The fourth-order valence-electron chi connectivity index (χ4n) is 11.0. The van der Waals surface area contributed by atoms with Gasteiger partial charge in [0.25, 0.3) is 0 Å². The van der Waals surface area contributed by atoms with Crippen LogP contribution in [0.25, 0.3) is 99.1 Å². The van der Waals surface area contributed by atoms with E-state index < -0.39 is 8.07 Å². The topological polar surface area (TPSA) is 83.1 Å². The molecule has 15 aromatic rings. The maximum atomic E-state index is 5.42. The molecule has 0 aliphatic rings. The molecule has 6 aromatic heterocycles. The van der Waals surface area contributed by atoms with Crippen LogP contribution < -0.4 is 20.7 Å². The molecule has 0 radical (unpaired) electrons. The Hall–Kier alpha value is -9.03. The number of para-hydroxylation sites is 8. The summed E-state index contributed by atoms with van der Waals surface area (Å²) in [6.07, 6.45) is 0. The largest absolute Gasteiger partial charge is 0.276 e. The smallest absolute Gasteiger partial charge is 0.242 e. The summed E-state index contributed by atoms with van der Waals surface area (Å²) in [6.45, 7) is 0. The number of benzene rings is 9. The molecule has 15 rings (SSSR count). The first-order valence-corrected chi connectivity index (χ1v) is 26.2. The lowest BCUT2D eigenvalue weighted by Crippen LogP contribution is -2.74. The Morgan fingerprint density at radius 1 is 0.343 bits per heavy atom. The van der Waals surface area contributed by atoms with Crippen molar-refractivity contribution in [2.75, 3.05) is 0 Å². The number of aromatic nitrogens is 9. The molecule has 9 aromatic carbocycles. The highest BCUT2D eigenvalue weighted by atomic mass is 32.1. The van der Waals surface area contributed by atoms with Gasteiger partial charge in [0.05, 0.1) is 44.1 Å². The van der Waals surface area contributed by atoms with Gasteiger partial charge in [0.15, 0.2) is 13.9 Å². The molecular formula is C59H37N9SSi. The molecule has 0 atom stereocenters. The normalized spacial score (nSPS) is 12.3. The van der Waals surface area contributed by atoms with Crippen molar-refractivity contribution < 1.29 is 0 Å². The maximum absolute atomic E-state index is 5.42. The lowest BCUT2D eigenvalue weighted by molar-refractivity contribution is 0.877. The van der Waals surface area contributed by atoms with Gasteiger partial charge in [-0.05, 0) is 75.3 Å². The number of hydrogen-bond acceptors (Lipinski definition) is 6. The Morgan fingerprint density at radius 3 is 1.37 bits per heavy atom. The predicted octanol–water partition coefficient (Wildman–Crippen LogP) is 10.8. The van der Waals surface area contributed by atoms with E-state index in [9.17, 15) is 0 Å². The van der Waals surface area contributed by atoms with Crippen molar-refractivity contribution in [3.63, 3.8) is 0 Å². The van der Waals surface area contributed by atoms with E-state index in [1.807, 2.05) is 35.6 Å². The van der Waals surface area contributed by atoms with Crippen LogP contribution >= 0.6 is 11.3 Å². The molecule has 0 aliphatic carbocycles. The zero-order valence-corrected chi connectivity index (χ0v) is 39.1. The van der Waals surface area contributed by atoms with Crippen LogP contribution in [-0.2, 0) is 0 Å². The Bertz CT molecular complexity index is 4340. The lowest BCUT2D eigenvalue weighted by Gasteiger charge is -2.35. The molecule has 0 fully saturated rings. The number of imidazole rings is 4. The third kappa shape index (κ3) is 5.49. The first-order valence-electron chi connectivity index (χ1n) is 23.4. The summed E-state index contributed by atoms with van der Waals surface area (Å²) < 4.78 is 11.1. The van der Waals surface area contributed by atoms with Crippen LogP contribution in [0, 0.1) is 0 Å². The van der Waals surface area contributed by atoms with Crippen LogP contribution in [0.15, 0.2) is 224 Å². The van der Waals surface area contributed by atoms with Gasteiger partial charge in [0.2, 0.25) is 23.5 Å². The van der Waals surface area contributed by atoms with Crippen molar-refractivity contribution in [3.05, 3.63) is 224 Å². The first kappa shape index (κ1) is 39.0. The van der Waals surface area contributed by atoms with Gasteiger partial charge in [-0.3, -0.25) is 8.80 Å². The van der Waals surface area contributed by atoms with E-state index >= 15 is 0 Å². The van der Waals surface area contributed by atoms with E-state index in [0.29, 0.717) is 29.3 Å². The van der Waals surface area contributed by atoms with Gasteiger partial charge >= 0.3 is 0 Å². The number of fused-ring (bicyclic) bond motifs is 13. The van der Waals surface area contributed by atoms with E-state index in [1.165, 1.54) is 40.9 Å². The minimum Gasteiger partial charge on any atom is -0.276 e. The molecule has 11 heteroatoms. The number of rotatable bonds is 7. The van der Waals surface area contributed by atoms with Gasteiger partial charge in [0, 0.05) is 25.7 Å². The van der Waals surface area contributed by atoms with Crippen molar-refractivity contribution in [1.82, 2.24) is 42.9 Å². The van der Waals surface area contributed by atoms with Crippen molar-refractivity contribution in [2.45, 2.75) is 0 Å². The summed E-state index contributed by atoms with van der Waals surface area (Å²) in [6, 6.07) is 80.2. The lowest BCUT2D eigenvalue weighted by atomic mass is 10.1. The Balaban J connectivity index is 1.00. The number of nitrogens with zero attached hydrogens (tertiary/aromatic N) is 9. The molecule has 0 bridgehead atoms. The van der Waals surface area contributed by atoms with E-state index in [4.69, 9.17) is 24.9 Å². The number of thiophene rings is 1. The molecule has 0 N–H and O–H groups in total. The van der Waals surface area contributed by atoms with E-state index in [0.717, 1.165) is 49.7 Å². The summed E-state index contributed by atoms with van der Waals surface area (Å²) in [7, 11) is -2.99. The van der Waals surface area contributed by atoms with Crippen molar-refractivity contribution in [3.8, 4) is 23.3 Å². The zero-order valence-electron chi connectivity index (χ0n) is 37.3. The quantitative estimate of drug-likeness (QED) is 0.117. The average molecular weight is 932 g/mol. The van der Waals surface area contributed by atoms with Crippen LogP contribution in [0.2, 0.25) is 0 Å². The highest BCUT2D eigenvalue weighted by Gasteiger charge is 2.43. The SMILES string of the molecule is c1ccc([Si](c2ccccc2)(c2ccc(-c3nc(-n4c5ccccc5n5c6ccccc6nc45)nc(-n4c5ccccc5n5c6ccccc6nc45)n3)cc2)c2cccc3c2sc2ccccc23)cc1. The van der Waals surface area contributed by atoms with Gasteiger partial charge < -0.3 is 0 Å². The number of hydrogen-bond donors (Lipinski definition) is 0. The van der Waals surface area contributed by atoms with Crippen LogP contribution in [0.5, 0.6) is 0 Å². The van der Waals surface area contributed by atoms with Crippen LogP contribution in [0.1, 0.15) is 0 Å². The summed E-state index contributed by atoms with van der Waals surface area (Å²) in [4.78, 5) is 26.7. The molecule has 0 saturated heterocycles. The highest BCUT2D eigenvalue weighted by molar-refractivity contribution is 7.30. The summed E-state index contributed by atoms with van der Waals surface area (Å²) in [5, 5.41) is 7.84. The molecule has 0 spiro atoms.